The Morgan fingerprint density at radius 3 is 2.33 bits per heavy atom. The van der Waals surface area contributed by atoms with Crippen LogP contribution in [0.2, 0.25) is 0 Å². The molecule has 18 heavy (non-hydrogen) atoms. The third kappa shape index (κ3) is 4.82. The SMILES string of the molecule is CC(C)(C)OC(=O)N1CCC(C)(OCCO)CC1. The van der Waals surface area contributed by atoms with Gasteiger partial charge in [-0.25, -0.2) is 4.79 Å². The average molecular weight is 259 g/mol. The maximum Gasteiger partial charge on any atom is 0.410 e. The second-order valence-corrected chi connectivity index (χ2v) is 5.99. The Morgan fingerprint density at radius 1 is 1.33 bits per heavy atom. The van der Waals surface area contributed by atoms with Crippen LogP contribution in [-0.2, 0) is 9.47 Å². The van der Waals surface area contributed by atoms with Crippen LogP contribution in [0, 0.1) is 0 Å². The Labute approximate surface area is 109 Å². The molecule has 0 aliphatic carbocycles. The van der Waals surface area contributed by atoms with Crippen molar-refractivity contribution in [3.63, 3.8) is 0 Å². The number of likely N-dealkylation sites (tertiary alicyclic amines) is 1. The van der Waals surface area contributed by atoms with Crippen molar-refractivity contribution in [1.82, 2.24) is 4.90 Å². The molecule has 0 atom stereocenters. The number of piperidine rings is 1. The Bertz CT molecular complexity index is 277. The van der Waals surface area contributed by atoms with Crippen LogP contribution in [0.3, 0.4) is 0 Å². The van der Waals surface area contributed by atoms with Gasteiger partial charge in [0.2, 0.25) is 0 Å². The van der Waals surface area contributed by atoms with Crippen LogP contribution in [0.5, 0.6) is 0 Å². The second-order valence-electron chi connectivity index (χ2n) is 5.99. The van der Waals surface area contributed by atoms with Crippen molar-refractivity contribution in [3.05, 3.63) is 0 Å². The van der Waals surface area contributed by atoms with E-state index in [1.165, 1.54) is 0 Å². The molecule has 1 heterocycles. The van der Waals surface area contributed by atoms with Crippen LogP contribution in [-0.4, -0.2) is 53.6 Å². The number of carbonyl (C=O) groups excluding carboxylic acids is 1. The van der Waals surface area contributed by atoms with E-state index >= 15 is 0 Å². The van der Waals surface area contributed by atoms with Crippen LogP contribution in [0.4, 0.5) is 4.79 Å². The summed E-state index contributed by atoms with van der Waals surface area (Å²) in [5.41, 5.74) is -0.688. The highest BCUT2D eigenvalue weighted by atomic mass is 16.6. The number of hydrogen-bond donors (Lipinski definition) is 1. The van der Waals surface area contributed by atoms with Crippen molar-refractivity contribution in [2.75, 3.05) is 26.3 Å². The van der Waals surface area contributed by atoms with Crippen LogP contribution in [0.1, 0.15) is 40.5 Å². The fourth-order valence-electron chi connectivity index (χ4n) is 1.93. The van der Waals surface area contributed by atoms with Crippen LogP contribution >= 0.6 is 0 Å². The highest BCUT2D eigenvalue weighted by Gasteiger charge is 2.34. The van der Waals surface area contributed by atoms with Gasteiger partial charge in [-0.15, -0.1) is 0 Å². The maximum atomic E-state index is 11.9. The average Bonchev–Trinajstić information content (AvgIpc) is 2.25. The summed E-state index contributed by atoms with van der Waals surface area (Å²) in [4.78, 5) is 13.6. The largest absolute Gasteiger partial charge is 0.444 e. The minimum Gasteiger partial charge on any atom is -0.444 e. The first kappa shape index (κ1) is 15.2. The number of rotatable bonds is 3. The van der Waals surface area contributed by atoms with E-state index in [9.17, 15) is 4.79 Å². The van der Waals surface area contributed by atoms with Crippen molar-refractivity contribution < 1.29 is 19.4 Å². The topological polar surface area (TPSA) is 59.0 Å². The molecule has 0 spiro atoms. The molecule has 0 radical (unpaired) electrons. The summed E-state index contributed by atoms with van der Waals surface area (Å²) in [5.74, 6) is 0. The number of hydrogen-bond acceptors (Lipinski definition) is 4. The van der Waals surface area contributed by atoms with Gasteiger partial charge in [0.1, 0.15) is 5.60 Å². The molecule has 1 rings (SSSR count). The van der Waals surface area contributed by atoms with Gasteiger partial charge in [0.15, 0.2) is 0 Å². The van der Waals surface area contributed by atoms with E-state index < -0.39 is 5.60 Å². The zero-order valence-corrected chi connectivity index (χ0v) is 11.9. The summed E-state index contributed by atoms with van der Waals surface area (Å²) in [5, 5.41) is 8.77. The number of nitrogens with zero attached hydrogens (tertiary/aromatic N) is 1. The van der Waals surface area contributed by atoms with Gasteiger partial charge in [-0.05, 0) is 40.5 Å². The van der Waals surface area contributed by atoms with Gasteiger partial charge in [0.25, 0.3) is 0 Å². The molecule has 1 aliphatic heterocycles. The number of amides is 1. The minimum absolute atomic E-state index is 0.0331. The second kappa shape index (κ2) is 5.89. The molecule has 1 N–H and O–H groups in total. The lowest BCUT2D eigenvalue weighted by molar-refractivity contribution is -0.0811. The monoisotopic (exact) mass is 259 g/mol. The lowest BCUT2D eigenvalue weighted by atomic mass is 9.93. The van der Waals surface area contributed by atoms with Crippen LogP contribution < -0.4 is 0 Å². The van der Waals surface area contributed by atoms with Crippen molar-refractivity contribution in [1.29, 1.82) is 0 Å². The van der Waals surface area contributed by atoms with E-state index in [0.29, 0.717) is 19.7 Å². The normalized spacial score (nSPS) is 19.7. The molecular formula is C13H25NO4. The molecule has 1 saturated heterocycles. The first-order valence-electron chi connectivity index (χ1n) is 6.48. The molecule has 1 fully saturated rings. The lowest BCUT2D eigenvalue weighted by Gasteiger charge is -2.39. The fraction of sp³-hybridized carbons (Fsp3) is 0.923. The molecule has 5 heteroatoms. The Kier molecular flexibility index (Phi) is 4.99. The van der Waals surface area contributed by atoms with E-state index in [-0.39, 0.29) is 18.3 Å². The van der Waals surface area contributed by atoms with E-state index in [1.54, 1.807) is 4.90 Å². The molecule has 0 aromatic carbocycles. The van der Waals surface area contributed by atoms with Gasteiger partial charge in [-0.1, -0.05) is 0 Å². The third-order valence-electron chi connectivity index (χ3n) is 3.01. The molecule has 0 unspecified atom stereocenters. The molecule has 0 bridgehead atoms. The van der Waals surface area contributed by atoms with Gasteiger partial charge < -0.3 is 19.5 Å². The summed E-state index contributed by atoms with van der Waals surface area (Å²) < 4.78 is 11.0. The smallest absolute Gasteiger partial charge is 0.410 e. The zero-order valence-electron chi connectivity index (χ0n) is 11.9. The van der Waals surface area contributed by atoms with E-state index in [1.807, 2.05) is 27.7 Å². The molecule has 0 saturated carbocycles. The third-order valence-corrected chi connectivity index (χ3v) is 3.01. The van der Waals surface area contributed by atoms with Gasteiger partial charge >= 0.3 is 6.09 Å². The summed E-state index contributed by atoms with van der Waals surface area (Å²) in [6.45, 7) is 9.27. The Morgan fingerprint density at radius 2 is 1.89 bits per heavy atom. The highest BCUT2D eigenvalue weighted by Crippen LogP contribution is 2.26. The van der Waals surface area contributed by atoms with Crippen molar-refractivity contribution in [3.8, 4) is 0 Å². The molecule has 1 amide bonds. The zero-order chi connectivity index (χ0) is 13.8. The standard InChI is InChI=1S/C13H25NO4/c1-12(2,3)18-11(16)14-7-5-13(4,6-8-14)17-10-9-15/h15H,5-10H2,1-4H3. The van der Waals surface area contributed by atoms with Crippen LogP contribution in [0.25, 0.3) is 0 Å². The summed E-state index contributed by atoms with van der Waals surface area (Å²) in [7, 11) is 0. The number of aliphatic hydroxyl groups is 1. The van der Waals surface area contributed by atoms with Gasteiger partial charge in [0, 0.05) is 13.1 Å². The predicted octanol–water partition coefficient (Wildman–Crippen LogP) is 1.78. The molecule has 106 valence electrons. The highest BCUT2D eigenvalue weighted by molar-refractivity contribution is 5.68. The van der Waals surface area contributed by atoms with Crippen molar-refractivity contribution in [2.24, 2.45) is 0 Å². The summed E-state index contributed by atoms with van der Waals surface area (Å²) >= 11 is 0. The van der Waals surface area contributed by atoms with Gasteiger partial charge in [0.05, 0.1) is 18.8 Å². The lowest BCUT2D eigenvalue weighted by Crippen LogP contribution is -2.48. The van der Waals surface area contributed by atoms with E-state index in [0.717, 1.165) is 12.8 Å². The first-order chi connectivity index (χ1) is 8.26. The molecule has 1 aliphatic rings. The molecular weight excluding hydrogens is 234 g/mol. The van der Waals surface area contributed by atoms with E-state index in [2.05, 4.69) is 0 Å². The van der Waals surface area contributed by atoms with Crippen molar-refractivity contribution in [2.45, 2.75) is 51.7 Å². The Hall–Kier alpha value is -0.810. The fourth-order valence-corrected chi connectivity index (χ4v) is 1.93. The number of carbonyl (C=O) groups is 1. The van der Waals surface area contributed by atoms with Gasteiger partial charge in [-0.3, -0.25) is 0 Å². The Balaban J connectivity index is 2.41. The maximum absolute atomic E-state index is 11.9. The molecule has 0 aromatic heterocycles. The summed E-state index contributed by atoms with van der Waals surface area (Å²) in [6, 6.07) is 0. The minimum atomic E-state index is -0.453. The van der Waals surface area contributed by atoms with Gasteiger partial charge in [-0.2, -0.15) is 0 Å². The van der Waals surface area contributed by atoms with Crippen molar-refractivity contribution >= 4 is 6.09 Å². The first-order valence-corrected chi connectivity index (χ1v) is 6.48. The van der Waals surface area contributed by atoms with E-state index in [4.69, 9.17) is 14.6 Å². The number of aliphatic hydroxyl groups excluding tert-OH is 1. The molecule has 0 aromatic rings. The van der Waals surface area contributed by atoms with Crippen LogP contribution in [0.15, 0.2) is 0 Å². The quantitative estimate of drug-likeness (QED) is 0.839. The molecule has 5 nitrogen and oxygen atoms in total. The summed E-state index contributed by atoms with van der Waals surface area (Å²) in [6.07, 6.45) is 1.28. The number of ether oxygens (including phenoxy) is 2. The predicted molar refractivity (Wildman–Crippen MR) is 68.5 cm³/mol.